The van der Waals surface area contributed by atoms with Crippen LogP contribution in [-0.4, -0.2) is 12.5 Å². The third-order valence-corrected chi connectivity index (χ3v) is 4.07. The van der Waals surface area contributed by atoms with Crippen LogP contribution in [0.4, 0.5) is 5.69 Å². The molecule has 0 heterocycles. The summed E-state index contributed by atoms with van der Waals surface area (Å²) in [5.74, 6) is 0.303. The van der Waals surface area contributed by atoms with E-state index < -0.39 is 0 Å². The molecule has 20 heavy (non-hydrogen) atoms. The molecule has 0 bridgehead atoms. The van der Waals surface area contributed by atoms with Crippen molar-refractivity contribution < 1.29 is 4.79 Å². The van der Waals surface area contributed by atoms with E-state index in [4.69, 9.17) is 17.3 Å². The van der Waals surface area contributed by atoms with E-state index in [1.807, 2.05) is 12.1 Å². The molecule has 1 unspecified atom stereocenters. The molecule has 3 nitrogen and oxygen atoms in total. The van der Waals surface area contributed by atoms with Crippen LogP contribution in [-0.2, 0) is 6.42 Å². The normalized spacial score (nSPS) is 16.1. The quantitative estimate of drug-likeness (QED) is 0.852. The monoisotopic (exact) mass is 286 g/mol. The number of halogens is 1. The average Bonchev–Trinajstić information content (AvgIpc) is 2.42. The number of nitrogen functional groups attached to an aromatic ring is 1. The van der Waals surface area contributed by atoms with Gasteiger partial charge in [-0.25, -0.2) is 0 Å². The van der Waals surface area contributed by atoms with Crippen molar-refractivity contribution in [2.24, 2.45) is 0 Å². The van der Waals surface area contributed by atoms with Gasteiger partial charge in [-0.2, -0.15) is 0 Å². The van der Waals surface area contributed by atoms with Crippen LogP contribution >= 0.6 is 11.6 Å². The molecule has 3 N–H and O–H groups in total. The second-order valence-electron chi connectivity index (χ2n) is 5.05. The van der Waals surface area contributed by atoms with Crippen LogP contribution < -0.4 is 11.1 Å². The predicted octanol–water partition coefficient (Wildman–Crippen LogP) is 2.99. The van der Waals surface area contributed by atoms with Gasteiger partial charge in [0, 0.05) is 18.0 Å². The van der Waals surface area contributed by atoms with Crippen molar-refractivity contribution in [3.63, 3.8) is 0 Å². The Morgan fingerprint density at radius 1 is 1.30 bits per heavy atom. The SMILES string of the molecule is Nc1cc(C(=O)NCC2Cc3ccccc32)ccc1Cl. The molecule has 1 atom stereocenters. The highest BCUT2D eigenvalue weighted by Crippen LogP contribution is 2.34. The van der Waals surface area contributed by atoms with Crippen molar-refractivity contribution in [1.82, 2.24) is 5.32 Å². The average molecular weight is 287 g/mol. The number of amides is 1. The summed E-state index contributed by atoms with van der Waals surface area (Å²) in [5.41, 5.74) is 9.38. The molecule has 0 radical (unpaired) electrons. The third kappa shape index (κ3) is 2.37. The lowest BCUT2D eigenvalue weighted by Crippen LogP contribution is -2.33. The number of carbonyl (C=O) groups is 1. The Hall–Kier alpha value is -2.00. The lowest BCUT2D eigenvalue weighted by Gasteiger charge is -2.30. The molecule has 0 fully saturated rings. The highest BCUT2D eigenvalue weighted by Gasteiger charge is 2.25. The first-order valence-electron chi connectivity index (χ1n) is 6.56. The summed E-state index contributed by atoms with van der Waals surface area (Å²) >= 11 is 5.84. The van der Waals surface area contributed by atoms with Crippen molar-refractivity contribution in [3.8, 4) is 0 Å². The molecule has 0 aromatic heterocycles. The molecule has 1 aliphatic carbocycles. The van der Waals surface area contributed by atoms with Crippen molar-refractivity contribution in [3.05, 3.63) is 64.2 Å². The van der Waals surface area contributed by atoms with E-state index >= 15 is 0 Å². The van der Waals surface area contributed by atoms with Crippen LogP contribution in [0, 0.1) is 0 Å². The Labute approximate surface area is 122 Å². The molecule has 102 valence electrons. The minimum atomic E-state index is -0.113. The molecular formula is C16H15ClN2O. The van der Waals surface area contributed by atoms with Gasteiger partial charge in [0.2, 0.25) is 0 Å². The van der Waals surface area contributed by atoms with Crippen LogP contribution in [0.25, 0.3) is 0 Å². The number of nitrogens with two attached hydrogens (primary N) is 1. The zero-order valence-electron chi connectivity index (χ0n) is 10.9. The van der Waals surface area contributed by atoms with Crippen LogP contribution in [0.15, 0.2) is 42.5 Å². The van der Waals surface area contributed by atoms with Gasteiger partial charge in [0.05, 0.1) is 10.7 Å². The van der Waals surface area contributed by atoms with E-state index in [0.29, 0.717) is 28.7 Å². The highest BCUT2D eigenvalue weighted by atomic mass is 35.5. The second kappa shape index (κ2) is 5.17. The van der Waals surface area contributed by atoms with Gasteiger partial charge in [0.25, 0.3) is 5.91 Å². The summed E-state index contributed by atoms with van der Waals surface area (Å²) in [6.07, 6.45) is 1.03. The Morgan fingerprint density at radius 3 is 2.85 bits per heavy atom. The number of carbonyl (C=O) groups excluding carboxylic acids is 1. The van der Waals surface area contributed by atoms with Crippen LogP contribution in [0.5, 0.6) is 0 Å². The van der Waals surface area contributed by atoms with Gasteiger partial charge in [-0.1, -0.05) is 35.9 Å². The second-order valence-corrected chi connectivity index (χ2v) is 5.45. The molecule has 0 spiro atoms. The third-order valence-electron chi connectivity index (χ3n) is 3.73. The first kappa shape index (κ1) is 13.0. The summed E-state index contributed by atoms with van der Waals surface area (Å²) in [6, 6.07) is 13.3. The molecular weight excluding hydrogens is 272 g/mol. The maximum absolute atomic E-state index is 12.1. The van der Waals surface area contributed by atoms with E-state index in [2.05, 4.69) is 17.4 Å². The predicted molar refractivity (Wildman–Crippen MR) is 81.1 cm³/mol. The minimum absolute atomic E-state index is 0.113. The fourth-order valence-corrected chi connectivity index (χ4v) is 2.67. The van der Waals surface area contributed by atoms with Gasteiger partial charge in [-0.05, 0) is 35.7 Å². The summed E-state index contributed by atoms with van der Waals surface area (Å²) in [4.78, 5) is 12.1. The number of hydrogen-bond donors (Lipinski definition) is 2. The largest absolute Gasteiger partial charge is 0.398 e. The van der Waals surface area contributed by atoms with Gasteiger partial charge in [0.15, 0.2) is 0 Å². The zero-order chi connectivity index (χ0) is 14.1. The van der Waals surface area contributed by atoms with Crippen molar-refractivity contribution >= 4 is 23.2 Å². The number of nitrogens with one attached hydrogen (secondary N) is 1. The van der Waals surface area contributed by atoms with E-state index in [1.54, 1.807) is 18.2 Å². The van der Waals surface area contributed by atoms with Crippen molar-refractivity contribution in [2.45, 2.75) is 12.3 Å². The fraction of sp³-hybridized carbons (Fsp3) is 0.188. The summed E-state index contributed by atoms with van der Waals surface area (Å²) in [5, 5.41) is 3.42. The van der Waals surface area contributed by atoms with Crippen molar-refractivity contribution in [1.29, 1.82) is 0 Å². The Kier molecular flexibility index (Phi) is 3.36. The van der Waals surface area contributed by atoms with Gasteiger partial charge >= 0.3 is 0 Å². The number of fused-ring (bicyclic) bond motifs is 1. The Bertz CT molecular complexity index is 669. The first-order valence-corrected chi connectivity index (χ1v) is 6.94. The van der Waals surface area contributed by atoms with E-state index in [-0.39, 0.29) is 5.91 Å². The maximum Gasteiger partial charge on any atom is 0.251 e. The molecule has 1 aliphatic rings. The Balaban J connectivity index is 1.62. The fourth-order valence-electron chi connectivity index (χ4n) is 2.55. The number of anilines is 1. The summed E-state index contributed by atoms with van der Waals surface area (Å²) < 4.78 is 0. The molecule has 1 amide bonds. The van der Waals surface area contributed by atoms with Crippen LogP contribution in [0.3, 0.4) is 0 Å². The standard InChI is InChI=1S/C16H15ClN2O/c17-14-6-5-11(8-15(14)18)16(20)19-9-12-7-10-3-1-2-4-13(10)12/h1-6,8,12H,7,9,18H2,(H,19,20). The summed E-state index contributed by atoms with van der Waals surface area (Å²) in [7, 11) is 0. The lowest BCUT2D eigenvalue weighted by molar-refractivity contribution is 0.0950. The molecule has 0 saturated heterocycles. The summed E-state index contributed by atoms with van der Waals surface area (Å²) in [6.45, 7) is 0.651. The van der Waals surface area contributed by atoms with E-state index in [9.17, 15) is 4.79 Å². The smallest absolute Gasteiger partial charge is 0.251 e. The van der Waals surface area contributed by atoms with Gasteiger partial charge < -0.3 is 11.1 Å². The number of rotatable bonds is 3. The minimum Gasteiger partial charge on any atom is -0.398 e. The van der Waals surface area contributed by atoms with Gasteiger partial charge in [0.1, 0.15) is 0 Å². The molecule has 2 aromatic rings. The molecule has 4 heteroatoms. The number of hydrogen-bond acceptors (Lipinski definition) is 2. The van der Waals surface area contributed by atoms with Crippen LogP contribution in [0.2, 0.25) is 5.02 Å². The van der Waals surface area contributed by atoms with E-state index in [1.165, 1.54) is 11.1 Å². The zero-order valence-corrected chi connectivity index (χ0v) is 11.7. The van der Waals surface area contributed by atoms with Crippen LogP contribution in [0.1, 0.15) is 27.4 Å². The molecule has 3 rings (SSSR count). The lowest BCUT2D eigenvalue weighted by atomic mass is 9.77. The highest BCUT2D eigenvalue weighted by molar-refractivity contribution is 6.33. The molecule has 2 aromatic carbocycles. The number of benzene rings is 2. The van der Waals surface area contributed by atoms with Gasteiger partial charge in [-0.15, -0.1) is 0 Å². The maximum atomic E-state index is 12.1. The Morgan fingerprint density at radius 2 is 2.10 bits per heavy atom. The van der Waals surface area contributed by atoms with E-state index in [0.717, 1.165) is 6.42 Å². The van der Waals surface area contributed by atoms with Gasteiger partial charge in [-0.3, -0.25) is 4.79 Å². The van der Waals surface area contributed by atoms with Crippen molar-refractivity contribution in [2.75, 3.05) is 12.3 Å². The molecule has 0 saturated carbocycles. The topological polar surface area (TPSA) is 55.1 Å². The molecule has 0 aliphatic heterocycles. The first-order chi connectivity index (χ1) is 9.65.